The second kappa shape index (κ2) is 8.15. The Morgan fingerprint density at radius 1 is 1.09 bits per heavy atom. The van der Waals surface area contributed by atoms with Gasteiger partial charge in [-0.3, -0.25) is 4.79 Å². The zero-order valence-corrected chi connectivity index (χ0v) is 19.5. The minimum atomic E-state index is -1.06. The molecule has 1 saturated carbocycles. The first-order valence-corrected chi connectivity index (χ1v) is 11.9. The van der Waals surface area contributed by atoms with Crippen molar-refractivity contribution in [3.05, 3.63) is 59.7 Å². The highest BCUT2D eigenvalue weighted by Crippen LogP contribution is 2.55. The molecule has 7 nitrogen and oxygen atoms in total. The monoisotopic (exact) mass is 462 g/mol. The molecule has 178 valence electrons. The van der Waals surface area contributed by atoms with Crippen molar-refractivity contribution in [3.8, 4) is 11.1 Å². The molecular formula is C27H30N2O5. The van der Waals surface area contributed by atoms with Gasteiger partial charge in [-0.1, -0.05) is 48.5 Å². The molecular weight excluding hydrogens is 432 g/mol. The van der Waals surface area contributed by atoms with Crippen LogP contribution in [0, 0.1) is 11.3 Å². The molecule has 1 saturated heterocycles. The van der Waals surface area contributed by atoms with Crippen molar-refractivity contribution in [2.24, 2.45) is 11.3 Å². The van der Waals surface area contributed by atoms with Gasteiger partial charge >= 0.3 is 12.1 Å². The van der Waals surface area contributed by atoms with E-state index in [1.54, 1.807) is 13.8 Å². The van der Waals surface area contributed by atoms with E-state index in [1.807, 2.05) is 24.3 Å². The first kappa shape index (κ1) is 22.4. The minimum absolute atomic E-state index is 0.0357. The van der Waals surface area contributed by atoms with E-state index >= 15 is 0 Å². The van der Waals surface area contributed by atoms with Crippen LogP contribution in [0.4, 0.5) is 4.79 Å². The summed E-state index contributed by atoms with van der Waals surface area (Å²) >= 11 is 0. The lowest BCUT2D eigenvalue weighted by Crippen LogP contribution is -2.56. The molecule has 0 bridgehead atoms. The second-order valence-electron chi connectivity index (χ2n) is 10.3. The van der Waals surface area contributed by atoms with Crippen molar-refractivity contribution in [1.82, 2.24) is 10.2 Å². The number of carbonyl (C=O) groups is 3. The number of carboxylic acid groups (broad SMARTS) is 1. The summed E-state index contributed by atoms with van der Waals surface area (Å²) in [4.78, 5) is 39.3. The van der Waals surface area contributed by atoms with E-state index in [-0.39, 0.29) is 30.9 Å². The average Bonchev–Trinajstić information content (AvgIpc) is 3.52. The number of piperidine rings is 1. The molecule has 2 fully saturated rings. The Morgan fingerprint density at radius 2 is 1.71 bits per heavy atom. The summed E-state index contributed by atoms with van der Waals surface area (Å²) in [6.07, 6.45) is 1.58. The number of likely N-dealkylation sites (tertiary alicyclic amines) is 1. The first-order chi connectivity index (χ1) is 16.3. The maximum absolute atomic E-state index is 13.3. The van der Waals surface area contributed by atoms with Gasteiger partial charge in [0.2, 0.25) is 5.91 Å². The summed E-state index contributed by atoms with van der Waals surface area (Å²) < 4.78 is 5.58. The Hall–Kier alpha value is -3.35. The Balaban J connectivity index is 1.21. The van der Waals surface area contributed by atoms with E-state index in [9.17, 15) is 19.5 Å². The number of nitrogens with zero attached hydrogens (tertiary/aromatic N) is 1. The maximum Gasteiger partial charge on any atom is 0.407 e. The zero-order chi connectivity index (χ0) is 24.1. The van der Waals surface area contributed by atoms with Gasteiger partial charge < -0.3 is 20.1 Å². The Labute approximate surface area is 199 Å². The number of fused-ring (bicyclic) bond motifs is 4. The van der Waals surface area contributed by atoms with Crippen LogP contribution in [0.5, 0.6) is 0 Å². The van der Waals surface area contributed by atoms with Crippen LogP contribution in [-0.2, 0) is 14.3 Å². The number of hydrogen-bond donors (Lipinski definition) is 2. The lowest BCUT2D eigenvalue weighted by atomic mass is 9.89. The van der Waals surface area contributed by atoms with E-state index in [2.05, 4.69) is 29.6 Å². The van der Waals surface area contributed by atoms with E-state index in [4.69, 9.17) is 4.74 Å². The summed E-state index contributed by atoms with van der Waals surface area (Å²) in [5, 5.41) is 12.5. The van der Waals surface area contributed by atoms with E-state index in [1.165, 1.54) is 4.90 Å². The largest absolute Gasteiger partial charge is 0.479 e. The summed E-state index contributed by atoms with van der Waals surface area (Å²) in [7, 11) is 0. The molecule has 1 heterocycles. The van der Waals surface area contributed by atoms with E-state index in [0.29, 0.717) is 13.0 Å². The van der Waals surface area contributed by atoms with Crippen LogP contribution < -0.4 is 5.32 Å². The van der Waals surface area contributed by atoms with Crippen molar-refractivity contribution < 1.29 is 24.2 Å². The number of nitrogens with one attached hydrogen (secondary N) is 1. The van der Waals surface area contributed by atoms with Crippen LogP contribution in [0.25, 0.3) is 11.1 Å². The van der Waals surface area contributed by atoms with Crippen molar-refractivity contribution in [3.63, 3.8) is 0 Å². The molecule has 0 unspecified atom stereocenters. The van der Waals surface area contributed by atoms with Crippen LogP contribution in [-0.4, -0.2) is 53.2 Å². The van der Waals surface area contributed by atoms with Crippen molar-refractivity contribution in [2.45, 2.75) is 44.6 Å². The van der Waals surface area contributed by atoms with Crippen LogP contribution in [0.15, 0.2) is 48.5 Å². The molecule has 2 atom stereocenters. The molecule has 0 radical (unpaired) electrons. The van der Waals surface area contributed by atoms with Crippen LogP contribution >= 0.6 is 0 Å². The number of carbonyl (C=O) groups excluding carboxylic acids is 2. The van der Waals surface area contributed by atoms with Gasteiger partial charge in [-0.05, 0) is 61.3 Å². The third-order valence-electron chi connectivity index (χ3n) is 7.70. The summed E-state index contributed by atoms with van der Waals surface area (Å²) in [5.74, 6) is -1.17. The number of alkyl carbamates (subject to hydrolysis) is 1. The smallest absolute Gasteiger partial charge is 0.407 e. The molecule has 2 aromatic rings. The molecule has 34 heavy (non-hydrogen) atoms. The van der Waals surface area contributed by atoms with E-state index < -0.39 is 23.0 Å². The van der Waals surface area contributed by atoms with Crippen molar-refractivity contribution >= 4 is 18.0 Å². The third-order valence-corrected chi connectivity index (χ3v) is 7.70. The lowest BCUT2D eigenvalue weighted by molar-refractivity contribution is -0.158. The molecule has 0 aromatic heterocycles. The fourth-order valence-electron chi connectivity index (χ4n) is 5.73. The molecule has 2 N–H and O–H groups in total. The third kappa shape index (κ3) is 3.54. The standard InChI is InChI=1S/C27H30N2O5/c1-26(2,23(30)29-13-7-8-17-14-27(17,29)24(31)32)16-28-25(33)34-15-22-20-11-5-3-9-18(20)19-10-4-6-12-21(19)22/h3-6,9-12,17,22H,7-8,13-16H2,1-2H3,(H,28,33)(H,31,32)/t17-,27+/m0/s1. The number of carboxylic acids is 1. The normalized spacial score (nSPS) is 22.9. The Bertz CT molecular complexity index is 1110. The summed E-state index contributed by atoms with van der Waals surface area (Å²) in [6.45, 7) is 4.18. The second-order valence-corrected chi connectivity index (χ2v) is 10.3. The molecule has 2 amide bonds. The fraction of sp³-hybridized carbons (Fsp3) is 0.444. The van der Waals surface area contributed by atoms with Gasteiger partial charge in [0, 0.05) is 19.0 Å². The lowest BCUT2D eigenvalue weighted by Gasteiger charge is -2.38. The Morgan fingerprint density at radius 3 is 2.32 bits per heavy atom. The number of hydrogen-bond acceptors (Lipinski definition) is 4. The number of rotatable bonds is 6. The van der Waals surface area contributed by atoms with Gasteiger partial charge in [0.15, 0.2) is 0 Å². The molecule has 3 aliphatic rings. The number of benzene rings is 2. The summed E-state index contributed by atoms with van der Waals surface area (Å²) in [5.41, 5.74) is 2.58. The zero-order valence-electron chi connectivity index (χ0n) is 19.5. The SMILES string of the molecule is CC(C)(CNC(=O)OCC1c2ccccc2-c2ccccc21)C(=O)N1CCC[C@H]2C[C@]21C(=O)O. The van der Waals surface area contributed by atoms with E-state index in [0.717, 1.165) is 35.1 Å². The molecule has 2 aromatic carbocycles. The highest BCUT2D eigenvalue weighted by atomic mass is 16.5. The van der Waals surface area contributed by atoms with Gasteiger partial charge in [0.1, 0.15) is 12.1 Å². The van der Waals surface area contributed by atoms with Gasteiger partial charge in [0.05, 0.1) is 5.41 Å². The maximum atomic E-state index is 13.3. The topological polar surface area (TPSA) is 95.9 Å². The number of amides is 2. The first-order valence-electron chi connectivity index (χ1n) is 11.9. The van der Waals surface area contributed by atoms with Gasteiger partial charge in [-0.2, -0.15) is 0 Å². The molecule has 1 aliphatic heterocycles. The quantitative estimate of drug-likeness (QED) is 0.676. The highest BCUT2D eigenvalue weighted by Gasteiger charge is 2.67. The van der Waals surface area contributed by atoms with Gasteiger partial charge in [-0.15, -0.1) is 0 Å². The number of aliphatic carboxylic acids is 1. The molecule has 2 aliphatic carbocycles. The minimum Gasteiger partial charge on any atom is -0.479 e. The van der Waals surface area contributed by atoms with Crippen LogP contribution in [0.2, 0.25) is 0 Å². The predicted octanol–water partition coefficient (Wildman–Crippen LogP) is 4.02. The van der Waals surface area contributed by atoms with Gasteiger partial charge in [0.25, 0.3) is 0 Å². The van der Waals surface area contributed by atoms with Crippen molar-refractivity contribution in [2.75, 3.05) is 19.7 Å². The van der Waals surface area contributed by atoms with Crippen LogP contribution in [0.1, 0.15) is 50.2 Å². The average molecular weight is 463 g/mol. The predicted molar refractivity (Wildman–Crippen MR) is 126 cm³/mol. The molecule has 0 spiro atoms. The molecule has 7 heteroatoms. The van der Waals surface area contributed by atoms with Crippen molar-refractivity contribution in [1.29, 1.82) is 0 Å². The Kier molecular flexibility index (Phi) is 5.38. The molecule has 5 rings (SSSR count). The summed E-state index contributed by atoms with van der Waals surface area (Å²) in [6, 6.07) is 16.3. The van der Waals surface area contributed by atoms with Gasteiger partial charge in [-0.25, -0.2) is 9.59 Å². The van der Waals surface area contributed by atoms with Crippen LogP contribution in [0.3, 0.4) is 0 Å². The fourth-order valence-corrected chi connectivity index (χ4v) is 5.73. The highest BCUT2D eigenvalue weighted by molar-refractivity contribution is 5.93. The number of ether oxygens (including phenoxy) is 1.